The average molecular weight is 416 g/mol. The number of para-hydroxylation sites is 1. The molecule has 3 aliphatic rings. The van der Waals surface area contributed by atoms with Gasteiger partial charge in [-0.1, -0.05) is 24.3 Å². The molecule has 1 spiro atoms. The number of amides is 1. The zero-order valence-electron chi connectivity index (χ0n) is 17.0. The van der Waals surface area contributed by atoms with Crippen molar-refractivity contribution in [1.29, 1.82) is 0 Å². The number of anilines is 1. The minimum absolute atomic E-state index is 0.00358. The first-order valence-electron chi connectivity index (χ1n) is 10.2. The highest BCUT2D eigenvalue weighted by molar-refractivity contribution is 6.11. The van der Waals surface area contributed by atoms with Crippen LogP contribution in [0.4, 0.5) is 5.69 Å². The molecule has 7 heteroatoms. The molecule has 1 unspecified atom stereocenters. The lowest BCUT2D eigenvalue weighted by Gasteiger charge is -2.23. The van der Waals surface area contributed by atoms with Crippen LogP contribution in [0.15, 0.2) is 59.5 Å². The van der Waals surface area contributed by atoms with E-state index >= 15 is 0 Å². The molecular weight excluding hydrogens is 396 g/mol. The number of carbonyl (C=O) groups is 1. The van der Waals surface area contributed by atoms with Gasteiger partial charge >= 0.3 is 0 Å². The highest BCUT2D eigenvalue weighted by Crippen LogP contribution is 2.54. The zero-order valence-corrected chi connectivity index (χ0v) is 17.0. The molecule has 4 heterocycles. The van der Waals surface area contributed by atoms with Crippen LogP contribution in [0.1, 0.15) is 16.7 Å². The third-order valence-corrected chi connectivity index (χ3v) is 6.41. The van der Waals surface area contributed by atoms with E-state index in [2.05, 4.69) is 0 Å². The van der Waals surface area contributed by atoms with Crippen molar-refractivity contribution in [2.75, 3.05) is 24.8 Å². The molecular formula is C24H20N2O5. The van der Waals surface area contributed by atoms with E-state index in [-0.39, 0.29) is 24.9 Å². The standard InChI is InChI=1S/C24H20N2O5/c1-25-12-15(6-7-22(25)27)8-9-26-18-5-3-2-4-16(18)24(23(26)28)13-29-19-11-21-20(10-17(19)24)30-14-31-21/h2-7,10-12H,8-9,13-14H2,1H3. The number of aromatic nitrogens is 1. The molecule has 156 valence electrons. The minimum Gasteiger partial charge on any atom is -0.491 e. The fraction of sp³-hybridized carbons (Fsp3) is 0.250. The van der Waals surface area contributed by atoms with E-state index < -0.39 is 5.41 Å². The van der Waals surface area contributed by atoms with Crippen LogP contribution in [0.3, 0.4) is 0 Å². The van der Waals surface area contributed by atoms with E-state index in [9.17, 15) is 9.59 Å². The third kappa shape index (κ3) is 2.46. The van der Waals surface area contributed by atoms with Gasteiger partial charge in [0.15, 0.2) is 11.5 Å². The van der Waals surface area contributed by atoms with Gasteiger partial charge < -0.3 is 23.7 Å². The summed E-state index contributed by atoms with van der Waals surface area (Å²) >= 11 is 0. The molecule has 1 aromatic heterocycles. The van der Waals surface area contributed by atoms with Gasteiger partial charge in [0.05, 0.1) is 0 Å². The summed E-state index contributed by atoms with van der Waals surface area (Å²) in [5.41, 5.74) is 2.71. The molecule has 2 aromatic carbocycles. The van der Waals surface area contributed by atoms with Crippen molar-refractivity contribution in [1.82, 2.24) is 4.57 Å². The molecule has 0 fully saturated rings. The van der Waals surface area contributed by atoms with Crippen LogP contribution in [-0.2, 0) is 23.7 Å². The Hall–Kier alpha value is -3.74. The quantitative estimate of drug-likeness (QED) is 0.656. The predicted molar refractivity (Wildman–Crippen MR) is 113 cm³/mol. The Morgan fingerprint density at radius 3 is 2.58 bits per heavy atom. The Labute approximate surface area is 178 Å². The number of ether oxygens (including phenoxy) is 3. The number of aryl methyl sites for hydroxylation is 1. The number of rotatable bonds is 3. The highest BCUT2D eigenvalue weighted by atomic mass is 16.7. The van der Waals surface area contributed by atoms with Crippen molar-refractivity contribution in [2.24, 2.45) is 7.05 Å². The molecule has 0 aliphatic carbocycles. The Morgan fingerprint density at radius 2 is 1.74 bits per heavy atom. The number of pyridine rings is 1. The van der Waals surface area contributed by atoms with Crippen LogP contribution in [-0.4, -0.2) is 30.4 Å². The first-order valence-corrected chi connectivity index (χ1v) is 10.2. The van der Waals surface area contributed by atoms with Gasteiger partial charge in [0, 0.05) is 43.2 Å². The van der Waals surface area contributed by atoms with Gasteiger partial charge in [0.25, 0.3) is 0 Å². The number of fused-ring (bicyclic) bond motifs is 5. The van der Waals surface area contributed by atoms with Gasteiger partial charge in [0.1, 0.15) is 17.8 Å². The maximum absolute atomic E-state index is 13.9. The van der Waals surface area contributed by atoms with Gasteiger partial charge in [0.2, 0.25) is 18.3 Å². The van der Waals surface area contributed by atoms with Gasteiger partial charge in [-0.3, -0.25) is 9.59 Å². The van der Waals surface area contributed by atoms with Crippen LogP contribution < -0.4 is 24.7 Å². The predicted octanol–water partition coefficient (Wildman–Crippen LogP) is 2.38. The first kappa shape index (κ1) is 18.1. The first-order chi connectivity index (χ1) is 15.1. The van der Waals surface area contributed by atoms with Crippen LogP contribution in [0.2, 0.25) is 0 Å². The molecule has 0 saturated heterocycles. The monoisotopic (exact) mass is 416 g/mol. The van der Waals surface area contributed by atoms with Gasteiger partial charge in [-0.25, -0.2) is 0 Å². The normalized spacial score (nSPS) is 20.2. The van der Waals surface area contributed by atoms with Crippen molar-refractivity contribution in [3.63, 3.8) is 0 Å². The van der Waals surface area contributed by atoms with Crippen LogP contribution in [0, 0.1) is 0 Å². The number of hydrogen-bond acceptors (Lipinski definition) is 5. The Morgan fingerprint density at radius 1 is 0.935 bits per heavy atom. The molecule has 1 atom stereocenters. The molecule has 0 radical (unpaired) electrons. The van der Waals surface area contributed by atoms with Gasteiger partial charge in [-0.2, -0.15) is 0 Å². The second-order valence-electron chi connectivity index (χ2n) is 8.11. The molecule has 1 amide bonds. The second-order valence-corrected chi connectivity index (χ2v) is 8.11. The van der Waals surface area contributed by atoms with Crippen molar-refractivity contribution in [3.05, 3.63) is 81.8 Å². The lowest BCUT2D eigenvalue weighted by atomic mass is 9.77. The number of nitrogens with zero attached hydrogens (tertiary/aromatic N) is 2. The molecule has 0 bridgehead atoms. The SMILES string of the molecule is Cn1cc(CCN2C(=O)C3(COc4cc5c(cc43)OCO5)c3ccccc32)ccc1=O. The second kappa shape index (κ2) is 6.38. The van der Waals surface area contributed by atoms with Crippen molar-refractivity contribution >= 4 is 11.6 Å². The van der Waals surface area contributed by atoms with Crippen molar-refractivity contribution in [2.45, 2.75) is 11.8 Å². The van der Waals surface area contributed by atoms with Crippen LogP contribution >= 0.6 is 0 Å². The maximum atomic E-state index is 13.9. The smallest absolute Gasteiger partial charge is 0.250 e. The van der Waals surface area contributed by atoms with E-state index in [1.807, 2.05) is 53.6 Å². The Kier molecular flexibility index (Phi) is 3.72. The largest absolute Gasteiger partial charge is 0.491 e. The van der Waals surface area contributed by atoms with Crippen molar-refractivity contribution < 1.29 is 19.0 Å². The van der Waals surface area contributed by atoms with Gasteiger partial charge in [-0.05, 0) is 29.7 Å². The minimum atomic E-state index is -0.892. The number of carbonyl (C=O) groups excluding carboxylic acids is 1. The number of benzene rings is 2. The molecule has 0 saturated carbocycles. The molecule has 3 aromatic rings. The van der Waals surface area contributed by atoms with Crippen LogP contribution in [0.5, 0.6) is 17.2 Å². The van der Waals surface area contributed by atoms with Crippen LogP contribution in [0.25, 0.3) is 0 Å². The summed E-state index contributed by atoms with van der Waals surface area (Å²) in [6.07, 6.45) is 2.46. The molecule has 7 nitrogen and oxygen atoms in total. The molecule has 6 rings (SSSR count). The summed E-state index contributed by atoms with van der Waals surface area (Å²) in [5.74, 6) is 1.93. The topological polar surface area (TPSA) is 70.0 Å². The van der Waals surface area contributed by atoms with Gasteiger partial charge in [-0.15, -0.1) is 0 Å². The third-order valence-electron chi connectivity index (χ3n) is 6.41. The lowest BCUT2D eigenvalue weighted by molar-refractivity contribution is -0.122. The maximum Gasteiger partial charge on any atom is 0.250 e. The number of hydrogen-bond donors (Lipinski definition) is 0. The summed E-state index contributed by atoms with van der Waals surface area (Å²) in [4.78, 5) is 27.4. The van der Waals surface area contributed by atoms with E-state index in [1.54, 1.807) is 17.7 Å². The lowest BCUT2D eigenvalue weighted by Crippen LogP contribution is -2.43. The van der Waals surface area contributed by atoms with E-state index in [0.29, 0.717) is 30.2 Å². The average Bonchev–Trinajstić information content (AvgIpc) is 3.45. The summed E-state index contributed by atoms with van der Waals surface area (Å²) < 4.78 is 18.6. The summed E-state index contributed by atoms with van der Waals surface area (Å²) in [6, 6.07) is 15.0. The zero-order chi connectivity index (χ0) is 21.2. The summed E-state index contributed by atoms with van der Waals surface area (Å²) in [5, 5.41) is 0. The summed E-state index contributed by atoms with van der Waals surface area (Å²) in [7, 11) is 1.73. The van der Waals surface area contributed by atoms with E-state index in [0.717, 1.165) is 22.4 Å². The fourth-order valence-corrected chi connectivity index (χ4v) is 4.83. The van der Waals surface area contributed by atoms with Crippen molar-refractivity contribution in [3.8, 4) is 17.2 Å². The Bertz CT molecular complexity index is 1300. The molecule has 31 heavy (non-hydrogen) atoms. The molecule has 0 N–H and O–H groups in total. The Balaban J connectivity index is 1.40. The fourth-order valence-electron chi connectivity index (χ4n) is 4.83. The highest BCUT2D eigenvalue weighted by Gasteiger charge is 2.57. The summed E-state index contributed by atoms with van der Waals surface area (Å²) in [6.45, 7) is 0.925. The van der Waals surface area contributed by atoms with E-state index in [1.165, 1.54) is 0 Å². The van der Waals surface area contributed by atoms with E-state index in [4.69, 9.17) is 14.2 Å². The molecule has 3 aliphatic heterocycles.